The number of nitrogens with one attached hydrogen (secondary N) is 1. The zero-order valence-electron chi connectivity index (χ0n) is 10.0. The van der Waals surface area contributed by atoms with Crippen molar-refractivity contribution in [2.45, 2.75) is 20.0 Å². The topological polar surface area (TPSA) is 80.9 Å². The maximum atomic E-state index is 11.9. The number of rotatable bonds is 4. The van der Waals surface area contributed by atoms with Crippen molar-refractivity contribution < 1.29 is 4.79 Å². The molecular weight excluding hydrogens is 248 g/mol. The third-order valence-electron chi connectivity index (χ3n) is 2.38. The van der Waals surface area contributed by atoms with Gasteiger partial charge in [0, 0.05) is 23.7 Å². The zero-order chi connectivity index (χ0) is 13.0. The van der Waals surface area contributed by atoms with Crippen molar-refractivity contribution in [2.75, 3.05) is 0 Å². The van der Waals surface area contributed by atoms with Crippen molar-refractivity contribution in [3.8, 4) is 0 Å². The lowest BCUT2D eigenvalue weighted by Gasteiger charge is -2.04. The fourth-order valence-corrected chi connectivity index (χ4v) is 2.11. The first-order valence-corrected chi connectivity index (χ1v) is 6.41. The van der Waals surface area contributed by atoms with Crippen LogP contribution < -0.4 is 11.1 Å². The number of nitrogens with two attached hydrogens (primary N) is 1. The van der Waals surface area contributed by atoms with Gasteiger partial charge in [-0.05, 0) is 19.1 Å². The van der Waals surface area contributed by atoms with Gasteiger partial charge in [-0.25, -0.2) is 4.98 Å². The molecule has 0 aliphatic carbocycles. The molecule has 2 aromatic rings. The van der Waals surface area contributed by atoms with Crippen LogP contribution in [-0.2, 0) is 13.1 Å². The Hall–Kier alpha value is -1.79. The van der Waals surface area contributed by atoms with E-state index in [0.29, 0.717) is 24.3 Å². The van der Waals surface area contributed by atoms with Crippen LogP contribution in [0.4, 0.5) is 0 Å². The van der Waals surface area contributed by atoms with Crippen LogP contribution in [0.2, 0.25) is 0 Å². The molecule has 2 rings (SSSR count). The van der Waals surface area contributed by atoms with E-state index < -0.39 is 0 Å². The molecule has 94 valence electrons. The molecule has 0 spiro atoms. The summed E-state index contributed by atoms with van der Waals surface area (Å²) in [5.41, 5.74) is 7.63. The number of nitrogens with zero attached hydrogens (tertiary/aromatic N) is 2. The molecule has 0 bridgehead atoms. The lowest BCUT2D eigenvalue weighted by Crippen LogP contribution is -2.23. The average molecular weight is 262 g/mol. The summed E-state index contributed by atoms with van der Waals surface area (Å²) in [4.78, 5) is 20.2. The van der Waals surface area contributed by atoms with Gasteiger partial charge in [-0.1, -0.05) is 0 Å². The van der Waals surface area contributed by atoms with Crippen LogP contribution in [0.1, 0.15) is 26.8 Å². The molecule has 0 radical (unpaired) electrons. The highest BCUT2D eigenvalue weighted by atomic mass is 32.1. The second-order valence-electron chi connectivity index (χ2n) is 3.78. The second kappa shape index (κ2) is 5.70. The summed E-state index contributed by atoms with van der Waals surface area (Å²) in [6, 6.07) is 3.36. The van der Waals surface area contributed by atoms with Crippen molar-refractivity contribution in [3.63, 3.8) is 0 Å². The van der Waals surface area contributed by atoms with Gasteiger partial charge in [0.15, 0.2) is 0 Å². The maximum Gasteiger partial charge on any atom is 0.251 e. The van der Waals surface area contributed by atoms with Gasteiger partial charge >= 0.3 is 0 Å². The van der Waals surface area contributed by atoms with Gasteiger partial charge in [-0.2, -0.15) is 0 Å². The molecule has 1 amide bonds. The molecule has 5 nitrogen and oxygen atoms in total. The Balaban J connectivity index is 1.99. The Labute approximate surface area is 109 Å². The molecule has 2 heterocycles. The number of aromatic nitrogens is 2. The SMILES string of the molecule is Cc1nc(CNC(=O)c2ccnc(CN)c2)cs1. The molecule has 18 heavy (non-hydrogen) atoms. The van der Waals surface area contributed by atoms with Crippen LogP contribution in [0, 0.1) is 6.92 Å². The molecule has 0 atom stereocenters. The van der Waals surface area contributed by atoms with E-state index in [1.165, 1.54) is 0 Å². The Bertz CT molecular complexity index is 553. The van der Waals surface area contributed by atoms with E-state index in [-0.39, 0.29) is 5.91 Å². The van der Waals surface area contributed by atoms with Crippen LogP contribution >= 0.6 is 11.3 Å². The van der Waals surface area contributed by atoms with Crippen LogP contribution in [0.5, 0.6) is 0 Å². The highest BCUT2D eigenvalue weighted by molar-refractivity contribution is 7.09. The molecule has 0 unspecified atom stereocenters. The number of carbonyl (C=O) groups is 1. The van der Waals surface area contributed by atoms with Gasteiger partial charge in [0.25, 0.3) is 5.91 Å². The number of hydrogen-bond acceptors (Lipinski definition) is 5. The fourth-order valence-electron chi connectivity index (χ4n) is 1.49. The minimum Gasteiger partial charge on any atom is -0.346 e. The van der Waals surface area contributed by atoms with Crippen LogP contribution in [0.15, 0.2) is 23.7 Å². The summed E-state index contributed by atoms with van der Waals surface area (Å²) >= 11 is 1.57. The summed E-state index contributed by atoms with van der Waals surface area (Å²) in [6.07, 6.45) is 1.59. The fraction of sp³-hybridized carbons (Fsp3) is 0.250. The highest BCUT2D eigenvalue weighted by Gasteiger charge is 2.07. The molecule has 0 aliphatic rings. The summed E-state index contributed by atoms with van der Waals surface area (Å²) in [5, 5.41) is 5.75. The largest absolute Gasteiger partial charge is 0.346 e. The van der Waals surface area contributed by atoms with E-state index in [4.69, 9.17) is 5.73 Å². The van der Waals surface area contributed by atoms with E-state index in [0.717, 1.165) is 10.7 Å². The van der Waals surface area contributed by atoms with Gasteiger partial charge in [-0.15, -0.1) is 11.3 Å². The van der Waals surface area contributed by atoms with Gasteiger partial charge in [-0.3, -0.25) is 9.78 Å². The number of thiazole rings is 1. The van der Waals surface area contributed by atoms with Crippen LogP contribution in [0.3, 0.4) is 0 Å². The predicted molar refractivity (Wildman–Crippen MR) is 70.1 cm³/mol. The molecule has 3 N–H and O–H groups in total. The third kappa shape index (κ3) is 3.12. The molecular formula is C12H14N4OS. The predicted octanol–water partition coefficient (Wildman–Crippen LogP) is 1.24. The normalized spacial score (nSPS) is 10.3. The van der Waals surface area contributed by atoms with Crippen molar-refractivity contribution in [3.05, 3.63) is 45.7 Å². The molecule has 6 heteroatoms. The summed E-state index contributed by atoms with van der Waals surface area (Å²) in [7, 11) is 0. The first kappa shape index (κ1) is 12.7. The van der Waals surface area contributed by atoms with E-state index in [1.807, 2.05) is 12.3 Å². The van der Waals surface area contributed by atoms with Crippen molar-refractivity contribution in [2.24, 2.45) is 5.73 Å². The number of carbonyl (C=O) groups excluding carboxylic acids is 1. The van der Waals surface area contributed by atoms with E-state index in [9.17, 15) is 4.79 Å². The Morgan fingerprint density at radius 2 is 2.33 bits per heavy atom. The molecule has 0 aliphatic heterocycles. The Morgan fingerprint density at radius 3 is 3.00 bits per heavy atom. The minimum atomic E-state index is -0.141. The summed E-state index contributed by atoms with van der Waals surface area (Å²) in [6.45, 7) is 2.70. The van der Waals surface area contributed by atoms with Crippen LogP contribution in [-0.4, -0.2) is 15.9 Å². The number of amides is 1. The van der Waals surface area contributed by atoms with Gasteiger partial charge in [0.1, 0.15) is 0 Å². The highest BCUT2D eigenvalue weighted by Crippen LogP contribution is 2.08. The number of pyridine rings is 1. The maximum absolute atomic E-state index is 11.9. The third-order valence-corrected chi connectivity index (χ3v) is 3.21. The lowest BCUT2D eigenvalue weighted by atomic mass is 10.2. The van der Waals surface area contributed by atoms with Crippen molar-refractivity contribution >= 4 is 17.2 Å². The number of aryl methyl sites for hydroxylation is 1. The van der Waals surface area contributed by atoms with Crippen LogP contribution in [0.25, 0.3) is 0 Å². The second-order valence-corrected chi connectivity index (χ2v) is 4.84. The van der Waals surface area contributed by atoms with E-state index >= 15 is 0 Å². The average Bonchev–Trinajstić information content (AvgIpc) is 2.82. The van der Waals surface area contributed by atoms with Crippen molar-refractivity contribution in [1.29, 1.82) is 0 Å². The van der Waals surface area contributed by atoms with Gasteiger partial charge in [0.05, 0.1) is 22.9 Å². The van der Waals surface area contributed by atoms with Crippen molar-refractivity contribution in [1.82, 2.24) is 15.3 Å². The molecule has 0 saturated heterocycles. The molecule has 0 aromatic carbocycles. The summed E-state index contributed by atoms with van der Waals surface area (Å²) < 4.78 is 0. The van der Waals surface area contributed by atoms with E-state index in [2.05, 4.69) is 15.3 Å². The lowest BCUT2D eigenvalue weighted by molar-refractivity contribution is 0.0950. The quantitative estimate of drug-likeness (QED) is 0.868. The smallest absolute Gasteiger partial charge is 0.251 e. The standard InChI is InChI=1S/C12H14N4OS/c1-8-16-11(7-18-8)6-15-12(17)9-2-3-14-10(4-9)5-13/h2-4,7H,5-6,13H2,1H3,(H,15,17). The Morgan fingerprint density at radius 1 is 1.50 bits per heavy atom. The van der Waals surface area contributed by atoms with Gasteiger partial charge in [0.2, 0.25) is 0 Å². The molecule has 2 aromatic heterocycles. The first-order valence-electron chi connectivity index (χ1n) is 5.53. The minimum absolute atomic E-state index is 0.141. The molecule has 0 saturated carbocycles. The molecule has 0 fully saturated rings. The monoisotopic (exact) mass is 262 g/mol. The van der Waals surface area contributed by atoms with Gasteiger partial charge < -0.3 is 11.1 Å². The summed E-state index contributed by atoms with van der Waals surface area (Å²) in [5.74, 6) is -0.141. The number of hydrogen-bond donors (Lipinski definition) is 2. The Kier molecular flexibility index (Phi) is 4.01. The zero-order valence-corrected chi connectivity index (χ0v) is 10.8. The van der Waals surface area contributed by atoms with E-state index in [1.54, 1.807) is 29.7 Å². The first-order chi connectivity index (χ1) is 8.69.